The molecule has 0 radical (unpaired) electrons. The largest absolute Gasteiger partial charge is 0.420 e. The van der Waals surface area contributed by atoms with E-state index in [0.29, 0.717) is 0 Å². The SMILES string of the molecule is C/C(CCC(C)C)=N\c1ccc(SB2OC(C)(C)C2(C)C)cc1C. The van der Waals surface area contributed by atoms with Crippen LogP contribution in [0.4, 0.5) is 5.69 Å². The summed E-state index contributed by atoms with van der Waals surface area (Å²) >= 11 is 1.82. The third-order valence-electron chi connectivity index (χ3n) is 5.35. The number of hydrogen-bond donors (Lipinski definition) is 0. The summed E-state index contributed by atoms with van der Waals surface area (Å²) in [5, 5.41) is 0.176. The molecule has 24 heavy (non-hydrogen) atoms. The van der Waals surface area contributed by atoms with Gasteiger partial charge in [0.25, 0.3) is 0 Å². The Bertz CT molecular complexity index is 622. The second-order valence-electron chi connectivity index (χ2n) is 8.53. The summed E-state index contributed by atoms with van der Waals surface area (Å²) in [4.78, 5) is 6.08. The molecule has 4 heteroatoms. The Morgan fingerprint density at radius 2 is 1.92 bits per heavy atom. The van der Waals surface area contributed by atoms with Gasteiger partial charge in [-0.15, -0.1) is 11.6 Å². The van der Waals surface area contributed by atoms with Crippen LogP contribution < -0.4 is 0 Å². The standard InChI is InChI=1S/C20H32BNOS/c1-14(2)9-10-16(4)22-18-12-11-17(13-15(18)3)24-21-19(5,6)20(7,8)23-21/h11-14H,9-10H2,1-8H3/b22-16+. The summed E-state index contributed by atoms with van der Waals surface area (Å²) < 4.78 is 6.07. The molecule has 1 saturated heterocycles. The van der Waals surface area contributed by atoms with Gasteiger partial charge in [0.1, 0.15) is 0 Å². The Morgan fingerprint density at radius 1 is 1.25 bits per heavy atom. The van der Waals surface area contributed by atoms with E-state index in [-0.39, 0.29) is 17.1 Å². The van der Waals surface area contributed by atoms with Gasteiger partial charge in [0.15, 0.2) is 0 Å². The minimum absolute atomic E-state index is 0.0442. The summed E-state index contributed by atoms with van der Waals surface area (Å²) in [6, 6.07) is 6.56. The zero-order valence-corrected chi connectivity index (χ0v) is 17.4. The zero-order valence-electron chi connectivity index (χ0n) is 16.6. The van der Waals surface area contributed by atoms with Gasteiger partial charge in [0.05, 0.1) is 5.69 Å². The van der Waals surface area contributed by atoms with Crippen molar-refractivity contribution in [2.45, 2.75) is 84.0 Å². The number of nitrogens with zero attached hydrogens (tertiary/aromatic N) is 1. The first-order chi connectivity index (χ1) is 11.0. The Balaban J connectivity index is 2.04. The van der Waals surface area contributed by atoms with E-state index in [1.54, 1.807) is 0 Å². The third-order valence-corrected chi connectivity index (χ3v) is 6.77. The quantitative estimate of drug-likeness (QED) is 0.423. The van der Waals surface area contributed by atoms with E-state index in [4.69, 9.17) is 9.65 Å². The van der Waals surface area contributed by atoms with Crippen molar-refractivity contribution >= 4 is 29.2 Å². The van der Waals surface area contributed by atoms with Crippen molar-refractivity contribution in [3.63, 3.8) is 0 Å². The summed E-state index contributed by atoms with van der Waals surface area (Å²) in [5.74, 6) is 0.727. The van der Waals surface area contributed by atoms with E-state index in [1.165, 1.54) is 22.6 Å². The number of rotatable bonds is 6. The minimum atomic E-state index is -0.0442. The highest BCUT2D eigenvalue weighted by atomic mass is 32.2. The van der Waals surface area contributed by atoms with Gasteiger partial charge in [0.2, 0.25) is 0 Å². The van der Waals surface area contributed by atoms with Crippen LogP contribution in [-0.4, -0.2) is 17.5 Å². The van der Waals surface area contributed by atoms with Crippen LogP contribution >= 0.6 is 11.6 Å². The molecule has 1 aliphatic rings. The fourth-order valence-electron chi connectivity index (χ4n) is 2.67. The first-order valence-corrected chi connectivity index (χ1v) is 9.90. The molecule has 0 spiro atoms. The van der Waals surface area contributed by atoms with E-state index in [2.05, 4.69) is 73.6 Å². The molecule has 0 aromatic heterocycles. The molecule has 0 aliphatic carbocycles. The molecule has 132 valence electrons. The van der Waals surface area contributed by atoms with Crippen molar-refractivity contribution in [1.29, 1.82) is 0 Å². The van der Waals surface area contributed by atoms with E-state index in [1.807, 2.05) is 11.6 Å². The van der Waals surface area contributed by atoms with Crippen molar-refractivity contribution in [2.75, 3.05) is 0 Å². The van der Waals surface area contributed by atoms with Crippen molar-refractivity contribution < 1.29 is 4.65 Å². The Kier molecular flexibility index (Phi) is 5.92. The second-order valence-corrected chi connectivity index (χ2v) is 9.66. The molecular weight excluding hydrogens is 313 g/mol. The van der Waals surface area contributed by atoms with Crippen LogP contribution in [0.15, 0.2) is 28.1 Å². The van der Waals surface area contributed by atoms with E-state index >= 15 is 0 Å². The van der Waals surface area contributed by atoms with Crippen molar-refractivity contribution in [3.8, 4) is 0 Å². The first kappa shape index (κ1) is 19.6. The molecular formula is C20H32BNOS. The van der Waals surface area contributed by atoms with Crippen LogP contribution in [-0.2, 0) is 4.65 Å². The summed E-state index contributed by atoms with van der Waals surface area (Å²) in [5.41, 5.74) is 3.50. The summed E-state index contributed by atoms with van der Waals surface area (Å²) in [6.45, 7) is 17.7. The Morgan fingerprint density at radius 3 is 2.42 bits per heavy atom. The minimum Gasteiger partial charge on any atom is -0.420 e. The van der Waals surface area contributed by atoms with E-state index < -0.39 is 0 Å². The molecule has 0 atom stereocenters. The summed E-state index contributed by atoms with van der Waals surface area (Å²) in [7, 11) is 0. The first-order valence-electron chi connectivity index (χ1n) is 9.02. The average Bonchev–Trinajstić information content (AvgIpc) is 2.47. The number of hydrogen-bond acceptors (Lipinski definition) is 3. The van der Waals surface area contributed by atoms with Crippen LogP contribution in [0.1, 0.15) is 66.9 Å². The molecule has 0 amide bonds. The summed E-state index contributed by atoms with van der Waals surface area (Å²) in [6.07, 6.45) is 2.49. The lowest BCUT2D eigenvalue weighted by molar-refractivity contribution is -0.00482. The highest BCUT2D eigenvalue weighted by molar-refractivity contribution is 8.25. The van der Waals surface area contributed by atoms with Crippen LogP contribution in [0.5, 0.6) is 0 Å². The van der Waals surface area contributed by atoms with Gasteiger partial charge >= 0.3 is 6.19 Å². The van der Waals surface area contributed by atoms with Gasteiger partial charge in [-0.1, -0.05) is 27.7 Å². The number of aryl methyl sites for hydroxylation is 1. The predicted octanol–water partition coefficient (Wildman–Crippen LogP) is 6.69. The number of aliphatic imine (C=N–C) groups is 1. The molecule has 2 nitrogen and oxygen atoms in total. The lowest BCUT2D eigenvalue weighted by Gasteiger charge is -2.56. The van der Waals surface area contributed by atoms with Crippen LogP contribution in [0.2, 0.25) is 5.31 Å². The van der Waals surface area contributed by atoms with Gasteiger partial charge in [-0.25, -0.2) is 0 Å². The number of benzene rings is 1. The molecule has 1 aromatic rings. The van der Waals surface area contributed by atoms with Crippen LogP contribution in [0.25, 0.3) is 0 Å². The highest BCUT2D eigenvalue weighted by Gasteiger charge is 2.59. The van der Waals surface area contributed by atoms with Crippen molar-refractivity contribution in [3.05, 3.63) is 23.8 Å². The van der Waals surface area contributed by atoms with Gasteiger partial charge in [-0.3, -0.25) is 4.99 Å². The van der Waals surface area contributed by atoms with Gasteiger partial charge in [0, 0.05) is 16.6 Å². The molecule has 1 aromatic carbocycles. The van der Waals surface area contributed by atoms with Crippen LogP contribution in [0, 0.1) is 12.8 Å². The third kappa shape index (κ3) is 4.26. The fourth-order valence-corrected chi connectivity index (χ4v) is 4.18. The maximum absolute atomic E-state index is 6.07. The smallest absolute Gasteiger partial charge is 0.375 e. The maximum Gasteiger partial charge on any atom is 0.375 e. The monoisotopic (exact) mass is 345 g/mol. The molecule has 0 unspecified atom stereocenters. The maximum atomic E-state index is 6.07. The fraction of sp³-hybridized carbons (Fsp3) is 0.650. The molecule has 1 aliphatic heterocycles. The van der Waals surface area contributed by atoms with E-state index in [0.717, 1.165) is 18.0 Å². The average molecular weight is 345 g/mol. The molecule has 1 heterocycles. The molecule has 0 bridgehead atoms. The predicted molar refractivity (Wildman–Crippen MR) is 109 cm³/mol. The van der Waals surface area contributed by atoms with Gasteiger partial charge in [-0.05, 0) is 75.1 Å². The zero-order chi connectivity index (χ0) is 18.1. The molecule has 2 rings (SSSR count). The van der Waals surface area contributed by atoms with Gasteiger partial charge < -0.3 is 4.65 Å². The normalized spacial score (nSPS) is 19.5. The second kappa shape index (κ2) is 7.25. The topological polar surface area (TPSA) is 21.6 Å². The van der Waals surface area contributed by atoms with Crippen molar-refractivity contribution in [2.24, 2.45) is 10.9 Å². The molecule has 0 N–H and O–H groups in total. The lowest BCUT2D eigenvalue weighted by atomic mass is 9.49. The van der Waals surface area contributed by atoms with Crippen molar-refractivity contribution in [1.82, 2.24) is 0 Å². The van der Waals surface area contributed by atoms with Gasteiger partial charge in [-0.2, -0.15) is 0 Å². The lowest BCUT2D eigenvalue weighted by Crippen LogP contribution is -2.59. The molecule has 1 fully saturated rings. The van der Waals surface area contributed by atoms with E-state index in [9.17, 15) is 0 Å². The Labute approximate surface area is 152 Å². The highest BCUT2D eigenvalue weighted by Crippen LogP contribution is 2.58. The van der Waals surface area contributed by atoms with Crippen LogP contribution in [0.3, 0.4) is 0 Å². The molecule has 0 saturated carbocycles. The Hall–Kier alpha value is -0.735.